The van der Waals surface area contributed by atoms with Crippen LogP contribution in [0.4, 0.5) is 5.88 Å². The van der Waals surface area contributed by atoms with Gasteiger partial charge in [0, 0.05) is 36.1 Å². The first-order valence-electron chi connectivity index (χ1n) is 7.68. The highest BCUT2D eigenvalue weighted by Gasteiger charge is 2.21. The third-order valence-corrected chi connectivity index (χ3v) is 4.65. The van der Waals surface area contributed by atoms with Gasteiger partial charge in [-0.1, -0.05) is 6.07 Å². The summed E-state index contributed by atoms with van der Waals surface area (Å²) in [6.07, 6.45) is 1.80. The van der Waals surface area contributed by atoms with Crippen LogP contribution in [0.5, 0.6) is 0 Å². The number of anilines is 1. The first-order valence-corrected chi connectivity index (χ1v) is 8.12. The summed E-state index contributed by atoms with van der Waals surface area (Å²) in [6, 6.07) is 5.25. The summed E-state index contributed by atoms with van der Waals surface area (Å²) in [5, 5.41) is 0.814. The first kappa shape index (κ1) is 15.4. The van der Waals surface area contributed by atoms with Crippen LogP contribution in [0.2, 0.25) is 0 Å². The second-order valence-electron chi connectivity index (χ2n) is 6.13. The normalized spacial score (nSPS) is 17.9. The van der Waals surface area contributed by atoms with E-state index in [-0.39, 0.29) is 16.8 Å². The zero-order chi connectivity index (χ0) is 15.9. The Labute approximate surface area is 134 Å². The number of aryl methyl sites for hydroxylation is 1. The summed E-state index contributed by atoms with van der Waals surface area (Å²) >= 11 is 6.14. The number of rotatable bonds is 2. The quantitative estimate of drug-likeness (QED) is 0.862. The second kappa shape index (κ2) is 5.94. The van der Waals surface area contributed by atoms with Gasteiger partial charge in [-0.3, -0.25) is 4.79 Å². The zero-order valence-electron chi connectivity index (χ0n) is 12.9. The predicted octanol–water partition coefficient (Wildman–Crippen LogP) is 3.33. The molecule has 2 aromatic rings. The number of nitrogens with zero attached hydrogens (tertiary/aromatic N) is 1. The summed E-state index contributed by atoms with van der Waals surface area (Å²) in [4.78, 5) is 14.6. The Bertz CT molecular complexity index is 746. The van der Waals surface area contributed by atoms with Gasteiger partial charge >= 0.3 is 0 Å². The maximum Gasteiger partial charge on any atom is 0.200 e. The van der Waals surface area contributed by atoms with Gasteiger partial charge in [0.25, 0.3) is 0 Å². The smallest absolute Gasteiger partial charge is 0.200 e. The lowest BCUT2D eigenvalue weighted by Gasteiger charge is -2.29. The molecule has 0 saturated carbocycles. The van der Waals surface area contributed by atoms with Crippen LogP contribution < -0.4 is 16.1 Å². The van der Waals surface area contributed by atoms with Crippen LogP contribution in [-0.2, 0) is 0 Å². The molecule has 1 fully saturated rings. The Kier molecular flexibility index (Phi) is 4.15. The fourth-order valence-electron chi connectivity index (χ4n) is 2.98. The molecule has 0 amide bonds. The van der Waals surface area contributed by atoms with Crippen molar-refractivity contribution in [2.24, 2.45) is 5.73 Å². The Balaban J connectivity index is 2.13. The molecule has 1 aromatic heterocycles. The lowest BCUT2D eigenvalue weighted by molar-refractivity contribution is 0.513. The van der Waals surface area contributed by atoms with E-state index in [1.54, 1.807) is 6.07 Å². The predicted molar refractivity (Wildman–Crippen MR) is 90.9 cm³/mol. The van der Waals surface area contributed by atoms with Crippen molar-refractivity contribution in [1.29, 1.82) is 0 Å². The molecule has 5 heteroatoms. The van der Waals surface area contributed by atoms with Gasteiger partial charge in [0.15, 0.2) is 11.3 Å². The summed E-state index contributed by atoms with van der Waals surface area (Å²) < 4.78 is 6.07. The molecule has 2 heterocycles. The van der Waals surface area contributed by atoms with E-state index in [0.29, 0.717) is 16.9 Å². The van der Waals surface area contributed by atoms with Gasteiger partial charge < -0.3 is 15.1 Å². The van der Waals surface area contributed by atoms with Crippen molar-refractivity contribution in [2.45, 2.75) is 38.1 Å². The molecule has 1 atom stereocenters. The number of nitrogens with two attached hydrogens (primary N) is 1. The molecule has 3 rings (SSSR count). The molecular weight excluding hydrogens is 300 g/mol. The Hall–Kier alpha value is -1.52. The molecule has 0 aliphatic carbocycles. The van der Waals surface area contributed by atoms with Crippen LogP contribution in [0.3, 0.4) is 0 Å². The van der Waals surface area contributed by atoms with Crippen molar-refractivity contribution in [1.82, 2.24) is 0 Å². The van der Waals surface area contributed by atoms with Crippen molar-refractivity contribution >= 4 is 28.5 Å². The van der Waals surface area contributed by atoms with E-state index in [4.69, 9.17) is 21.8 Å². The standard InChI is InChI=1S/C17H21ClN2O2/c1-10-7-13(11(2)19)17-14(8-10)15(21)9-16(22-17)20-5-3-12(18)4-6-20/h7-9,11-12H,3-6,19H2,1-2H3/t11-/m0/s1. The van der Waals surface area contributed by atoms with Gasteiger partial charge in [-0.05, 0) is 38.3 Å². The minimum Gasteiger partial charge on any atom is -0.440 e. The van der Waals surface area contributed by atoms with E-state index in [0.717, 1.165) is 37.1 Å². The third kappa shape index (κ3) is 2.85. The highest BCUT2D eigenvalue weighted by Crippen LogP contribution is 2.28. The van der Waals surface area contributed by atoms with E-state index in [9.17, 15) is 4.79 Å². The Morgan fingerprint density at radius 3 is 2.64 bits per heavy atom. The summed E-state index contributed by atoms with van der Waals surface area (Å²) in [6.45, 7) is 5.48. The highest BCUT2D eigenvalue weighted by atomic mass is 35.5. The van der Waals surface area contributed by atoms with Crippen molar-refractivity contribution in [3.05, 3.63) is 39.5 Å². The molecule has 22 heavy (non-hydrogen) atoms. The van der Waals surface area contributed by atoms with Crippen molar-refractivity contribution < 1.29 is 4.42 Å². The molecule has 118 valence electrons. The first-order chi connectivity index (χ1) is 10.5. The number of benzene rings is 1. The number of piperidine rings is 1. The molecule has 0 radical (unpaired) electrons. The van der Waals surface area contributed by atoms with Crippen LogP contribution in [0, 0.1) is 6.92 Å². The molecule has 2 N–H and O–H groups in total. The SMILES string of the molecule is Cc1cc([C@H](C)N)c2oc(N3CCC(Cl)CC3)cc(=O)c2c1. The monoisotopic (exact) mass is 320 g/mol. The molecule has 1 aromatic carbocycles. The topological polar surface area (TPSA) is 59.5 Å². The molecule has 0 spiro atoms. The van der Waals surface area contributed by atoms with E-state index >= 15 is 0 Å². The van der Waals surface area contributed by atoms with Crippen LogP contribution in [0.1, 0.15) is 36.9 Å². The number of hydrogen-bond donors (Lipinski definition) is 1. The second-order valence-corrected chi connectivity index (χ2v) is 6.75. The van der Waals surface area contributed by atoms with Gasteiger partial charge in [0.2, 0.25) is 0 Å². The number of halogens is 1. The van der Waals surface area contributed by atoms with Gasteiger partial charge in [-0.15, -0.1) is 11.6 Å². The maximum absolute atomic E-state index is 12.5. The summed E-state index contributed by atoms with van der Waals surface area (Å²) in [5.41, 5.74) is 8.53. The van der Waals surface area contributed by atoms with Gasteiger partial charge in [0.1, 0.15) is 5.58 Å². The highest BCUT2D eigenvalue weighted by molar-refractivity contribution is 6.20. The third-order valence-electron chi connectivity index (χ3n) is 4.22. The molecule has 0 bridgehead atoms. The van der Waals surface area contributed by atoms with Crippen molar-refractivity contribution in [3.63, 3.8) is 0 Å². The summed E-state index contributed by atoms with van der Waals surface area (Å²) in [5.74, 6) is 0.617. The molecule has 4 nitrogen and oxygen atoms in total. The molecule has 1 saturated heterocycles. The molecule has 1 aliphatic heterocycles. The minimum atomic E-state index is -0.186. The number of alkyl halides is 1. The largest absolute Gasteiger partial charge is 0.440 e. The number of fused-ring (bicyclic) bond motifs is 1. The fourth-order valence-corrected chi connectivity index (χ4v) is 3.18. The molecule has 1 aliphatic rings. The van der Waals surface area contributed by atoms with Gasteiger partial charge in [-0.2, -0.15) is 0 Å². The van der Waals surface area contributed by atoms with Gasteiger partial charge in [-0.25, -0.2) is 0 Å². The van der Waals surface area contributed by atoms with E-state index in [2.05, 4.69) is 4.90 Å². The lowest BCUT2D eigenvalue weighted by Crippen LogP contribution is -2.34. The van der Waals surface area contributed by atoms with E-state index in [1.165, 1.54) is 0 Å². The average Bonchev–Trinajstić information content (AvgIpc) is 2.47. The minimum absolute atomic E-state index is 0.0187. The number of hydrogen-bond acceptors (Lipinski definition) is 4. The van der Waals surface area contributed by atoms with Crippen molar-refractivity contribution in [2.75, 3.05) is 18.0 Å². The van der Waals surface area contributed by atoms with Crippen LogP contribution >= 0.6 is 11.6 Å². The maximum atomic E-state index is 12.5. The van der Waals surface area contributed by atoms with Crippen LogP contribution in [0.15, 0.2) is 27.4 Å². The molecule has 0 unspecified atom stereocenters. The average molecular weight is 321 g/mol. The molecular formula is C17H21ClN2O2. The fraction of sp³-hybridized carbons (Fsp3) is 0.471. The van der Waals surface area contributed by atoms with Crippen molar-refractivity contribution in [3.8, 4) is 0 Å². The van der Waals surface area contributed by atoms with E-state index < -0.39 is 0 Å². The van der Waals surface area contributed by atoms with Crippen LogP contribution in [0.25, 0.3) is 11.0 Å². The zero-order valence-corrected chi connectivity index (χ0v) is 13.7. The van der Waals surface area contributed by atoms with E-state index in [1.807, 2.05) is 26.0 Å². The van der Waals surface area contributed by atoms with Gasteiger partial charge in [0.05, 0.1) is 5.39 Å². The van der Waals surface area contributed by atoms with Crippen LogP contribution in [-0.4, -0.2) is 18.5 Å². The Morgan fingerprint density at radius 1 is 1.32 bits per heavy atom. The Morgan fingerprint density at radius 2 is 2.00 bits per heavy atom. The lowest BCUT2D eigenvalue weighted by atomic mass is 10.0. The summed E-state index contributed by atoms with van der Waals surface area (Å²) in [7, 11) is 0.